The van der Waals surface area contributed by atoms with Gasteiger partial charge in [-0.15, -0.1) is 0 Å². The zero-order valence-corrected chi connectivity index (χ0v) is 40.6. The van der Waals surface area contributed by atoms with Crippen molar-refractivity contribution in [3.63, 3.8) is 0 Å². The van der Waals surface area contributed by atoms with E-state index in [4.69, 9.17) is 4.74 Å². The number of nitrogens with one attached hydrogen (secondary N) is 1. The second-order valence-electron chi connectivity index (χ2n) is 18.6. The molecular weight excluding hydrogens is 743 g/mol. The van der Waals surface area contributed by atoms with Crippen LogP contribution in [0.5, 0.6) is 0 Å². The van der Waals surface area contributed by atoms with Crippen LogP contribution in [0.2, 0.25) is 0 Å². The summed E-state index contributed by atoms with van der Waals surface area (Å²) in [5.74, 6) is -0.462. The van der Waals surface area contributed by atoms with E-state index in [1.54, 1.807) is 0 Å². The number of allylic oxidation sites excluding steroid dienone is 2. The first-order chi connectivity index (χ1) is 29.5. The van der Waals surface area contributed by atoms with Gasteiger partial charge in [-0.25, -0.2) is 0 Å². The lowest BCUT2D eigenvalue weighted by atomic mass is 10.0. The Balaban J connectivity index is 4.43. The molecule has 0 aromatic carbocycles. The fraction of sp³-hybridized carbons (Fsp3) is 0.926. The lowest BCUT2D eigenvalue weighted by Crippen LogP contribution is -2.46. The molecule has 60 heavy (non-hydrogen) atoms. The van der Waals surface area contributed by atoms with E-state index in [1.807, 2.05) is 0 Å². The van der Waals surface area contributed by atoms with Gasteiger partial charge >= 0.3 is 5.97 Å². The normalized spacial score (nSPS) is 13.2. The summed E-state index contributed by atoms with van der Waals surface area (Å²) in [5.41, 5.74) is 0. The molecule has 0 spiro atoms. The molecule has 3 unspecified atom stereocenters. The van der Waals surface area contributed by atoms with Gasteiger partial charge in [0.2, 0.25) is 5.91 Å². The van der Waals surface area contributed by atoms with Crippen LogP contribution in [0.1, 0.15) is 297 Å². The summed E-state index contributed by atoms with van der Waals surface area (Å²) in [6.07, 6.45) is 54.1. The fourth-order valence-electron chi connectivity index (χ4n) is 8.49. The maximum absolute atomic E-state index is 13.2. The van der Waals surface area contributed by atoms with Gasteiger partial charge in [-0.1, -0.05) is 245 Å². The number of amides is 1. The van der Waals surface area contributed by atoms with Crippen LogP contribution in [0.25, 0.3) is 0 Å². The maximum Gasteiger partial charge on any atom is 0.306 e. The minimum Gasteiger partial charge on any atom is -0.462 e. The zero-order chi connectivity index (χ0) is 43.8. The fourth-order valence-corrected chi connectivity index (χ4v) is 8.49. The average Bonchev–Trinajstić information content (AvgIpc) is 3.24. The van der Waals surface area contributed by atoms with Gasteiger partial charge in [-0.05, 0) is 51.4 Å². The Kier molecular flexibility index (Phi) is 47.5. The monoisotopic (exact) mass is 848 g/mol. The Bertz CT molecular complexity index is 909. The number of hydrogen-bond donors (Lipinski definition) is 3. The van der Waals surface area contributed by atoms with Crippen LogP contribution < -0.4 is 5.32 Å². The quantitative estimate of drug-likeness (QED) is 0.0322. The summed E-state index contributed by atoms with van der Waals surface area (Å²) in [5, 5.41) is 23.8. The summed E-state index contributed by atoms with van der Waals surface area (Å²) in [7, 11) is 0. The number of aliphatic hydroxyl groups excluding tert-OH is 2. The lowest BCUT2D eigenvalue weighted by molar-refractivity contribution is -0.151. The standard InChI is InChI=1S/C54H105NO5/c1-4-7-10-13-16-19-22-24-26-28-29-31-34-37-40-43-46-52(57)51(49-56)55-53(58)48-50(45-42-39-36-33-21-18-15-12-9-6-3)60-54(59)47-44-41-38-35-32-30-27-25-23-20-17-14-11-8-5-2/h20,23,50-52,56-57H,4-19,21-22,24-49H2,1-3H3,(H,55,58)/b23-20-. The van der Waals surface area contributed by atoms with Crippen molar-refractivity contribution in [2.45, 2.75) is 315 Å². The molecule has 1 amide bonds. The topological polar surface area (TPSA) is 95.9 Å². The Labute approximate surface area is 374 Å². The summed E-state index contributed by atoms with van der Waals surface area (Å²) in [4.78, 5) is 26.1. The molecule has 0 heterocycles. The molecule has 0 aromatic rings. The van der Waals surface area contributed by atoms with E-state index in [1.165, 1.54) is 205 Å². The van der Waals surface area contributed by atoms with Crippen LogP contribution in [-0.2, 0) is 14.3 Å². The molecular formula is C54H105NO5. The third kappa shape index (κ3) is 43.3. The van der Waals surface area contributed by atoms with E-state index in [2.05, 4.69) is 38.2 Å². The predicted octanol–water partition coefficient (Wildman–Crippen LogP) is 16.1. The van der Waals surface area contributed by atoms with Crippen molar-refractivity contribution in [2.24, 2.45) is 0 Å². The van der Waals surface area contributed by atoms with Crippen molar-refractivity contribution >= 4 is 11.9 Å². The van der Waals surface area contributed by atoms with Crippen molar-refractivity contribution in [3.8, 4) is 0 Å². The molecule has 0 aliphatic carbocycles. The molecule has 0 saturated heterocycles. The van der Waals surface area contributed by atoms with Crippen molar-refractivity contribution in [3.05, 3.63) is 12.2 Å². The zero-order valence-electron chi connectivity index (χ0n) is 40.6. The summed E-state index contributed by atoms with van der Waals surface area (Å²) < 4.78 is 5.93. The van der Waals surface area contributed by atoms with Crippen LogP contribution >= 0.6 is 0 Å². The molecule has 3 atom stereocenters. The molecule has 0 aliphatic heterocycles. The number of hydrogen-bond acceptors (Lipinski definition) is 5. The van der Waals surface area contributed by atoms with Crippen LogP contribution in [0, 0.1) is 0 Å². The predicted molar refractivity (Wildman–Crippen MR) is 260 cm³/mol. The minimum atomic E-state index is -0.782. The number of carbonyl (C=O) groups is 2. The number of ether oxygens (including phenoxy) is 1. The van der Waals surface area contributed by atoms with E-state index in [0.29, 0.717) is 19.3 Å². The second kappa shape index (κ2) is 48.6. The molecule has 0 radical (unpaired) electrons. The number of carbonyl (C=O) groups excluding carboxylic acids is 2. The Morgan fingerprint density at radius 3 is 1.20 bits per heavy atom. The molecule has 3 N–H and O–H groups in total. The van der Waals surface area contributed by atoms with Crippen LogP contribution in [0.15, 0.2) is 12.2 Å². The largest absolute Gasteiger partial charge is 0.462 e. The highest BCUT2D eigenvalue weighted by Crippen LogP contribution is 2.19. The number of aliphatic hydroxyl groups is 2. The third-order valence-corrected chi connectivity index (χ3v) is 12.6. The highest BCUT2D eigenvalue weighted by molar-refractivity contribution is 5.77. The van der Waals surface area contributed by atoms with E-state index in [0.717, 1.165) is 44.9 Å². The van der Waals surface area contributed by atoms with Gasteiger partial charge in [0.1, 0.15) is 6.10 Å². The van der Waals surface area contributed by atoms with Gasteiger partial charge in [0.25, 0.3) is 0 Å². The Hall–Kier alpha value is -1.40. The maximum atomic E-state index is 13.2. The molecule has 0 bridgehead atoms. The second-order valence-corrected chi connectivity index (χ2v) is 18.6. The van der Waals surface area contributed by atoms with Crippen molar-refractivity contribution < 1.29 is 24.5 Å². The molecule has 0 aliphatic rings. The molecule has 0 fully saturated rings. The van der Waals surface area contributed by atoms with E-state index >= 15 is 0 Å². The third-order valence-electron chi connectivity index (χ3n) is 12.6. The average molecular weight is 848 g/mol. The number of unbranched alkanes of at least 4 members (excludes halogenated alkanes) is 35. The number of esters is 1. The lowest BCUT2D eigenvalue weighted by Gasteiger charge is -2.24. The van der Waals surface area contributed by atoms with Crippen LogP contribution in [0.3, 0.4) is 0 Å². The SMILES string of the molecule is CCCCCC/C=C\CCCCCCCCCC(=O)OC(CCCCCCCCCCCC)CC(=O)NC(CO)C(O)CCCCCCCCCCCCCCCCCC. The molecule has 0 rings (SSSR count). The van der Waals surface area contributed by atoms with E-state index in [9.17, 15) is 19.8 Å². The minimum absolute atomic E-state index is 0.0828. The first-order valence-corrected chi connectivity index (χ1v) is 26.9. The van der Waals surface area contributed by atoms with Crippen molar-refractivity contribution in [2.75, 3.05) is 6.61 Å². The van der Waals surface area contributed by atoms with Gasteiger partial charge in [0.05, 0.1) is 25.2 Å². The molecule has 0 aromatic heterocycles. The van der Waals surface area contributed by atoms with Gasteiger partial charge in [-0.3, -0.25) is 9.59 Å². The number of rotatable bonds is 49. The first-order valence-electron chi connectivity index (χ1n) is 26.9. The van der Waals surface area contributed by atoms with Crippen molar-refractivity contribution in [1.29, 1.82) is 0 Å². The highest BCUT2D eigenvalue weighted by Gasteiger charge is 2.24. The van der Waals surface area contributed by atoms with Gasteiger partial charge < -0.3 is 20.3 Å². The Morgan fingerprint density at radius 1 is 0.467 bits per heavy atom. The first kappa shape index (κ1) is 58.6. The smallest absolute Gasteiger partial charge is 0.306 e. The molecule has 356 valence electrons. The molecule has 6 nitrogen and oxygen atoms in total. The van der Waals surface area contributed by atoms with Gasteiger partial charge in [-0.2, -0.15) is 0 Å². The van der Waals surface area contributed by atoms with E-state index in [-0.39, 0.29) is 24.9 Å². The summed E-state index contributed by atoms with van der Waals surface area (Å²) in [6.45, 7) is 6.49. The summed E-state index contributed by atoms with van der Waals surface area (Å²) >= 11 is 0. The van der Waals surface area contributed by atoms with Gasteiger partial charge in [0.15, 0.2) is 0 Å². The van der Waals surface area contributed by atoms with Crippen LogP contribution in [0.4, 0.5) is 0 Å². The van der Waals surface area contributed by atoms with Gasteiger partial charge in [0, 0.05) is 6.42 Å². The Morgan fingerprint density at radius 2 is 0.800 bits per heavy atom. The molecule has 0 saturated carbocycles. The van der Waals surface area contributed by atoms with Crippen molar-refractivity contribution in [1.82, 2.24) is 5.32 Å². The van der Waals surface area contributed by atoms with Crippen LogP contribution in [-0.4, -0.2) is 46.9 Å². The van der Waals surface area contributed by atoms with E-state index < -0.39 is 18.2 Å². The summed E-state index contributed by atoms with van der Waals surface area (Å²) in [6, 6.07) is -0.695. The highest BCUT2D eigenvalue weighted by atomic mass is 16.5. The molecule has 6 heteroatoms.